The third kappa shape index (κ3) is 4.02. The van der Waals surface area contributed by atoms with Crippen LogP contribution in [-0.2, 0) is 0 Å². The first-order valence-corrected chi connectivity index (χ1v) is 4.64. The van der Waals surface area contributed by atoms with E-state index in [1.54, 1.807) is 5.57 Å². The van der Waals surface area contributed by atoms with E-state index in [2.05, 4.69) is 32.1 Å². The molecule has 0 aliphatic heterocycles. The lowest BCUT2D eigenvalue weighted by Gasteiger charge is -2.10. The fourth-order valence-corrected chi connectivity index (χ4v) is 1.09. The van der Waals surface area contributed by atoms with Crippen LogP contribution in [0.2, 0.25) is 0 Å². The normalized spacial score (nSPS) is 15.5. The molecule has 0 heteroatoms. The van der Waals surface area contributed by atoms with E-state index < -0.39 is 0 Å². The van der Waals surface area contributed by atoms with Gasteiger partial charge >= 0.3 is 0 Å². The highest BCUT2D eigenvalue weighted by atomic mass is 14.1. The Morgan fingerprint density at radius 3 is 2.09 bits per heavy atom. The second-order valence-corrected chi connectivity index (χ2v) is 2.84. The lowest BCUT2D eigenvalue weighted by atomic mass is 9.96. The molecule has 1 rings (SSSR count). The summed E-state index contributed by atoms with van der Waals surface area (Å²) in [7, 11) is 0. The molecule has 0 nitrogen and oxygen atoms in total. The van der Waals surface area contributed by atoms with Crippen molar-refractivity contribution in [2.24, 2.45) is 5.92 Å². The van der Waals surface area contributed by atoms with Gasteiger partial charge in [-0.15, -0.1) is 0 Å². The molecular formula is C11H20. The molecule has 0 saturated heterocycles. The van der Waals surface area contributed by atoms with Crippen molar-refractivity contribution in [3.63, 3.8) is 0 Å². The van der Waals surface area contributed by atoms with Crippen LogP contribution in [0.3, 0.4) is 0 Å². The van der Waals surface area contributed by atoms with Crippen LogP contribution < -0.4 is 0 Å². The molecule has 0 aromatic carbocycles. The van der Waals surface area contributed by atoms with Gasteiger partial charge in [0.05, 0.1) is 0 Å². The molecule has 0 fully saturated rings. The van der Waals surface area contributed by atoms with Crippen LogP contribution in [0.5, 0.6) is 0 Å². The van der Waals surface area contributed by atoms with Gasteiger partial charge in [0.15, 0.2) is 0 Å². The average molecular weight is 152 g/mol. The van der Waals surface area contributed by atoms with Crippen molar-refractivity contribution in [2.45, 2.75) is 40.5 Å². The Morgan fingerprint density at radius 2 is 1.82 bits per heavy atom. The second kappa shape index (κ2) is 6.21. The third-order valence-electron chi connectivity index (χ3n) is 1.78. The summed E-state index contributed by atoms with van der Waals surface area (Å²) in [5.41, 5.74) is 1.59. The summed E-state index contributed by atoms with van der Waals surface area (Å²) in [5, 5.41) is 0. The molecule has 0 N–H and O–H groups in total. The SMILES string of the molecule is CC.CC(C)C1=CCC=CC1. The van der Waals surface area contributed by atoms with Crippen molar-refractivity contribution < 1.29 is 0 Å². The van der Waals surface area contributed by atoms with Gasteiger partial charge in [-0.1, -0.05) is 51.5 Å². The molecule has 0 atom stereocenters. The van der Waals surface area contributed by atoms with Crippen LogP contribution in [0.4, 0.5) is 0 Å². The maximum atomic E-state index is 2.34. The Labute approximate surface area is 71.0 Å². The zero-order valence-corrected chi connectivity index (χ0v) is 8.22. The minimum Gasteiger partial charge on any atom is -0.0844 e. The van der Waals surface area contributed by atoms with Crippen molar-refractivity contribution in [1.29, 1.82) is 0 Å². The van der Waals surface area contributed by atoms with Crippen LogP contribution in [0.25, 0.3) is 0 Å². The molecule has 1 aliphatic carbocycles. The number of rotatable bonds is 1. The maximum absolute atomic E-state index is 2.34. The van der Waals surface area contributed by atoms with Gasteiger partial charge in [0.25, 0.3) is 0 Å². The van der Waals surface area contributed by atoms with Crippen molar-refractivity contribution in [3.8, 4) is 0 Å². The smallest absolute Gasteiger partial charge is 0.0136 e. The molecule has 11 heavy (non-hydrogen) atoms. The fraction of sp³-hybridized carbons (Fsp3) is 0.636. The molecule has 1 aliphatic rings. The Morgan fingerprint density at radius 1 is 1.18 bits per heavy atom. The highest BCUT2D eigenvalue weighted by Gasteiger charge is 2.01. The van der Waals surface area contributed by atoms with Crippen LogP contribution in [0, 0.1) is 5.92 Å². The molecule has 0 radical (unpaired) electrons. The number of hydrogen-bond acceptors (Lipinski definition) is 0. The summed E-state index contributed by atoms with van der Waals surface area (Å²) in [6.07, 6.45) is 9.15. The molecule has 0 unspecified atom stereocenters. The molecule has 0 heterocycles. The van der Waals surface area contributed by atoms with Crippen LogP contribution >= 0.6 is 0 Å². The fourth-order valence-electron chi connectivity index (χ4n) is 1.09. The summed E-state index contributed by atoms with van der Waals surface area (Å²) >= 11 is 0. The van der Waals surface area contributed by atoms with Crippen LogP contribution in [-0.4, -0.2) is 0 Å². The quantitative estimate of drug-likeness (QED) is 0.499. The first-order chi connectivity index (χ1) is 5.30. The lowest BCUT2D eigenvalue weighted by Crippen LogP contribution is -1.94. The van der Waals surface area contributed by atoms with Gasteiger partial charge in [0, 0.05) is 0 Å². The maximum Gasteiger partial charge on any atom is -0.0136 e. The zero-order valence-electron chi connectivity index (χ0n) is 8.22. The molecule has 0 spiro atoms. The predicted molar refractivity (Wildman–Crippen MR) is 52.6 cm³/mol. The van der Waals surface area contributed by atoms with Gasteiger partial charge in [-0.2, -0.15) is 0 Å². The Balaban J connectivity index is 0.000000461. The van der Waals surface area contributed by atoms with Crippen molar-refractivity contribution >= 4 is 0 Å². The van der Waals surface area contributed by atoms with Crippen molar-refractivity contribution in [3.05, 3.63) is 23.8 Å². The topological polar surface area (TPSA) is 0 Å². The zero-order chi connectivity index (χ0) is 8.69. The molecule has 0 saturated carbocycles. The van der Waals surface area contributed by atoms with E-state index >= 15 is 0 Å². The van der Waals surface area contributed by atoms with Gasteiger partial charge in [0.2, 0.25) is 0 Å². The third-order valence-corrected chi connectivity index (χ3v) is 1.78. The predicted octanol–water partition coefficient (Wildman–Crippen LogP) is 3.95. The van der Waals surface area contributed by atoms with Gasteiger partial charge < -0.3 is 0 Å². The second-order valence-electron chi connectivity index (χ2n) is 2.84. The largest absolute Gasteiger partial charge is 0.0844 e. The van der Waals surface area contributed by atoms with E-state index in [4.69, 9.17) is 0 Å². The molecule has 64 valence electrons. The van der Waals surface area contributed by atoms with E-state index in [-0.39, 0.29) is 0 Å². The lowest BCUT2D eigenvalue weighted by molar-refractivity contribution is 0.737. The van der Waals surface area contributed by atoms with E-state index in [1.165, 1.54) is 6.42 Å². The monoisotopic (exact) mass is 152 g/mol. The Hall–Kier alpha value is -0.520. The number of hydrogen-bond donors (Lipinski definition) is 0. The summed E-state index contributed by atoms with van der Waals surface area (Å²) < 4.78 is 0. The number of allylic oxidation sites excluding steroid dienone is 4. The van der Waals surface area contributed by atoms with E-state index in [1.807, 2.05) is 13.8 Å². The standard InChI is InChI=1S/C9H14.C2H6/c1-8(2)9-6-4-3-5-7-9;1-2/h3-4,7-8H,5-6H2,1-2H3;1-2H3. The Kier molecular flexibility index (Phi) is 5.91. The van der Waals surface area contributed by atoms with Gasteiger partial charge in [-0.3, -0.25) is 0 Å². The summed E-state index contributed by atoms with van der Waals surface area (Å²) in [6, 6.07) is 0. The molecular weight excluding hydrogens is 132 g/mol. The molecule has 0 aromatic rings. The highest BCUT2D eigenvalue weighted by Crippen LogP contribution is 2.18. The molecule has 0 amide bonds. The van der Waals surface area contributed by atoms with E-state index in [0.717, 1.165) is 12.3 Å². The average Bonchev–Trinajstić information content (AvgIpc) is 2.10. The van der Waals surface area contributed by atoms with Crippen LogP contribution in [0.15, 0.2) is 23.8 Å². The first kappa shape index (κ1) is 10.5. The van der Waals surface area contributed by atoms with Crippen molar-refractivity contribution in [2.75, 3.05) is 0 Å². The first-order valence-electron chi connectivity index (χ1n) is 4.64. The Bertz CT molecular complexity index is 138. The molecule has 0 bridgehead atoms. The van der Waals surface area contributed by atoms with Crippen molar-refractivity contribution in [1.82, 2.24) is 0 Å². The summed E-state index contributed by atoms with van der Waals surface area (Å²) in [4.78, 5) is 0. The van der Waals surface area contributed by atoms with Gasteiger partial charge in [0.1, 0.15) is 0 Å². The summed E-state index contributed by atoms with van der Waals surface area (Å²) in [5.74, 6) is 0.745. The summed E-state index contributed by atoms with van der Waals surface area (Å²) in [6.45, 7) is 8.51. The minimum atomic E-state index is 0.745. The highest BCUT2D eigenvalue weighted by molar-refractivity contribution is 5.15. The van der Waals surface area contributed by atoms with Gasteiger partial charge in [-0.05, 0) is 18.8 Å². The van der Waals surface area contributed by atoms with E-state index in [0.29, 0.717) is 0 Å². The molecule has 0 aromatic heterocycles. The van der Waals surface area contributed by atoms with Gasteiger partial charge in [-0.25, -0.2) is 0 Å². The van der Waals surface area contributed by atoms with Crippen LogP contribution in [0.1, 0.15) is 40.5 Å². The van der Waals surface area contributed by atoms with E-state index in [9.17, 15) is 0 Å². The minimum absolute atomic E-state index is 0.745.